The smallest absolute Gasteiger partial charge is 0.222 e. The van der Waals surface area contributed by atoms with Gasteiger partial charge < -0.3 is 16.0 Å². The third kappa shape index (κ3) is 3.98. The Morgan fingerprint density at radius 2 is 2.05 bits per heavy atom. The van der Waals surface area contributed by atoms with Gasteiger partial charge in [0.25, 0.3) is 0 Å². The summed E-state index contributed by atoms with van der Waals surface area (Å²) >= 11 is 0. The van der Waals surface area contributed by atoms with E-state index in [0.29, 0.717) is 13.0 Å². The van der Waals surface area contributed by atoms with Crippen LogP contribution in [-0.2, 0) is 16.0 Å². The number of benzene rings is 1. The molecule has 1 atom stereocenters. The minimum absolute atomic E-state index is 0.0360. The van der Waals surface area contributed by atoms with Crippen molar-refractivity contribution in [2.75, 3.05) is 18.8 Å². The van der Waals surface area contributed by atoms with E-state index in [-0.39, 0.29) is 17.9 Å². The van der Waals surface area contributed by atoms with Crippen molar-refractivity contribution in [2.45, 2.75) is 32.2 Å². The first-order valence-corrected chi connectivity index (χ1v) is 6.94. The zero-order chi connectivity index (χ0) is 14.5. The van der Waals surface area contributed by atoms with Crippen molar-refractivity contribution in [1.82, 2.24) is 10.2 Å². The van der Waals surface area contributed by atoms with Crippen molar-refractivity contribution in [3.8, 4) is 0 Å². The van der Waals surface area contributed by atoms with Gasteiger partial charge in [-0.1, -0.05) is 12.1 Å². The van der Waals surface area contributed by atoms with Gasteiger partial charge in [0.05, 0.1) is 0 Å². The third-order valence-corrected chi connectivity index (χ3v) is 3.56. The monoisotopic (exact) mass is 275 g/mol. The Bertz CT molecular complexity index is 484. The number of aryl methyl sites for hydroxylation is 1. The third-order valence-electron chi connectivity index (χ3n) is 3.56. The van der Waals surface area contributed by atoms with Gasteiger partial charge in [0, 0.05) is 38.2 Å². The molecule has 1 saturated heterocycles. The van der Waals surface area contributed by atoms with Crippen LogP contribution in [0.1, 0.15) is 25.3 Å². The van der Waals surface area contributed by atoms with Gasteiger partial charge in [0.15, 0.2) is 0 Å². The second kappa shape index (κ2) is 6.41. The molecule has 0 bridgehead atoms. The minimum atomic E-state index is -0.0360. The number of nitrogens with two attached hydrogens (primary N) is 1. The van der Waals surface area contributed by atoms with Gasteiger partial charge in [-0.15, -0.1) is 0 Å². The van der Waals surface area contributed by atoms with Gasteiger partial charge >= 0.3 is 0 Å². The molecule has 2 rings (SSSR count). The lowest BCUT2D eigenvalue weighted by molar-refractivity contribution is -0.130. The molecule has 0 aromatic heterocycles. The predicted molar refractivity (Wildman–Crippen MR) is 78.0 cm³/mol. The maximum Gasteiger partial charge on any atom is 0.222 e. The van der Waals surface area contributed by atoms with Crippen molar-refractivity contribution in [3.05, 3.63) is 29.8 Å². The Labute approximate surface area is 119 Å². The molecule has 0 aliphatic carbocycles. The molecule has 1 aliphatic rings. The molecule has 1 fully saturated rings. The second-order valence-electron chi connectivity index (χ2n) is 5.27. The molecule has 2 amide bonds. The molecule has 5 nitrogen and oxygen atoms in total. The molecule has 0 saturated carbocycles. The first-order valence-electron chi connectivity index (χ1n) is 6.94. The minimum Gasteiger partial charge on any atom is -0.399 e. The molecule has 0 spiro atoms. The number of carbonyl (C=O) groups excluding carboxylic acids is 2. The average molecular weight is 275 g/mol. The number of amides is 2. The summed E-state index contributed by atoms with van der Waals surface area (Å²) in [7, 11) is 0. The zero-order valence-electron chi connectivity index (χ0n) is 11.8. The maximum atomic E-state index is 12.1. The Morgan fingerprint density at radius 3 is 2.70 bits per heavy atom. The predicted octanol–water partition coefficient (Wildman–Crippen LogP) is 0.938. The fraction of sp³-hybridized carbons (Fsp3) is 0.467. The van der Waals surface area contributed by atoms with Crippen LogP contribution in [-0.4, -0.2) is 35.8 Å². The molecule has 0 radical (unpaired) electrons. The van der Waals surface area contributed by atoms with Gasteiger partial charge in [-0.25, -0.2) is 0 Å². The largest absolute Gasteiger partial charge is 0.399 e. The Kier molecular flexibility index (Phi) is 4.61. The van der Waals surface area contributed by atoms with E-state index in [1.807, 2.05) is 29.2 Å². The Morgan fingerprint density at radius 1 is 1.35 bits per heavy atom. The molecule has 108 valence electrons. The zero-order valence-corrected chi connectivity index (χ0v) is 11.8. The fourth-order valence-corrected chi connectivity index (χ4v) is 2.49. The highest BCUT2D eigenvalue weighted by molar-refractivity contribution is 5.77. The van der Waals surface area contributed by atoms with E-state index >= 15 is 0 Å². The molecular weight excluding hydrogens is 254 g/mol. The van der Waals surface area contributed by atoms with Crippen LogP contribution in [0.25, 0.3) is 0 Å². The number of hydrogen-bond acceptors (Lipinski definition) is 3. The Balaban J connectivity index is 1.78. The van der Waals surface area contributed by atoms with Crippen LogP contribution in [0.5, 0.6) is 0 Å². The average Bonchev–Trinajstić information content (AvgIpc) is 2.85. The number of carbonyl (C=O) groups is 2. The fourth-order valence-electron chi connectivity index (χ4n) is 2.49. The van der Waals surface area contributed by atoms with Gasteiger partial charge in [0.2, 0.25) is 11.8 Å². The van der Waals surface area contributed by atoms with E-state index in [1.54, 1.807) is 0 Å². The van der Waals surface area contributed by atoms with Crippen LogP contribution >= 0.6 is 0 Å². The summed E-state index contributed by atoms with van der Waals surface area (Å²) in [6.45, 7) is 2.86. The lowest BCUT2D eigenvalue weighted by Crippen LogP contribution is -2.37. The van der Waals surface area contributed by atoms with Crippen molar-refractivity contribution in [2.24, 2.45) is 0 Å². The van der Waals surface area contributed by atoms with E-state index in [4.69, 9.17) is 5.73 Å². The van der Waals surface area contributed by atoms with Gasteiger partial charge in [-0.2, -0.15) is 0 Å². The van der Waals surface area contributed by atoms with Gasteiger partial charge in [0.1, 0.15) is 0 Å². The highest BCUT2D eigenvalue weighted by atomic mass is 16.2. The number of hydrogen-bond donors (Lipinski definition) is 2. The number of nitrogens with zero attached hydrogens (tertiary/aromatic N) is 1. The summed E-state index contributed by atoms with van der Waals surface area (Å²) < 4.78 is 0. The maximum absolute atomic E-state index is 12.1. The first kappa shape index (κ1) is 14.4. The van der Waals surface area contributed by atoms with E-state index in [0.717, 1.165) is 30.6 Å². The van der Waals surface area contributed by atoms with Crippen LogP contribution in [0.15, 0.2) is 24.3 Å². The number of rotatable bonds is 4. The van der Waals surface area contributed by atoms with Gasteiger partial charge in [-0.3, -0.25) is 9.59 Å². The summed E-state index contributed by atoms with van der Waals surface area (Å²) in [5, 5.41) is 2.86. The molecule has 1 aromatic rings. The molecule has 1 aliphatic heterocycles. The standard InChI is InChI=1S/C15H21N3O2/c1-11(19)17-14-8-9-18(10-14)15(20)7-4-12-2-5-13(16)6-3-12/h2-3,5-6,14H,4,7-10,16H2,1H3,(H,17,19). The topological polar surface area (TPSA) is 75.4 Å². The first-order chi connectivity index (χ1) is 9.54. The molecule has 1 aromatic carbocycles. The SMILES string of the molecule is CC(=O)NC1CCN(C(=O)CCc2ccc(N)cc2)C1. The van der Waals surface area contributed by atoms with E-state index in [9.17, 15) is 9.59 Å². The lowest BCUT2D eigenvalue weighted by atomic mass is 10.1. The van der Waals surface area contributed by atoms with Crippen molar-refractivity contribution < 1.29 is 9.59 Å². The summed E-state index contributed by atoms with van der Waals surface area (Å²) in [6, 6.07) is 7.71. The summed E-state index contributed by atoms with van der Waals surface area (Å²) in [6.07, 6.45) is 2.06. The van der Waals surface area contributed by atoms with Crippen molar-refractivity contribution in [1.29, 1.82) is 0 Å². The molecule has 5 heteroatoms. The number of nitrogen functional groups attached to an aromatic ring is 1. The number of anilines is 1. The lowest BCUT2D eigenvalue weighted by Gasteiger charge is -2.16. The van der Waals surface area contributed by atoms with E-state index < -0.39 is 0 Å². The van der Waals surface area contributed by atoms with Crippen LogP contribution in [0.4, 0.5) is 5.69 Å². The summed E-state index contributed by atoms with van der Waals surface area (Å²) in [5.41, 5.74) is 7.48. The summed E-state index contributed by atoms with van der Waals surface area (Å²) in [4.78, 5) is 24.9. The molecule has 1 unspecified atom stereocenters. The molecular formula is C15H21N3O2. The summed E-state index contributed by atoms with van der Waals surface area (Å²) in [5.74, 6) is 0.112. The number of likely N-dealkylation sites (tertiary alicyclic amines) is 1. The highest BCUT2D eigenvalue weighted by Crippen LogP contribution is 2.13. The van der Waals surface area contributed by atoms with Gasteiger partial charge in [-0.05, 0) is 30.5 Å². The van der Waals surface area contributed by atoms with Crippen LogP contribution in [0.3, 0.4) is 0 Å². The quantitative estimate of drug-likeness (QED) is 0.803. The normalized spacial score (nSPS) is 18.1. The second-order valence-corrected chi connectivity index (χ2v) is 5.27. The van der Waals surface area contributed by atoms with Crippen LogP contribution in [0.2, 0.25) is 0 Å². The van der Waals surface area contributed by atoms with Crippen molar-refractivity contribution >= 4 is 17.5 Å². The number of nitrogens with one attached hydrogen (secondary N) is 1. The molecule has 20 heavy (non-hydrogen) atoms. The van der Waals surface area contributed by atoms with E-state index in [1.165, 1.54) is 6.92 Å². The van der Waals surface area contributed by atoms with Crippen LogP contribution < -0.4 is 11.1 Å². The Hall–Kier alpha value is -2.04. The molecule has 1 heterocycles. The van der Waals surface area contributed by atoms with Crippen molar-refractivity contribution in [3.63, 3.8) is 0 Å². The van der Waals surface area contributed by atoms with Crippen LogP contribution in [0, 0.1) is 0 Å². The highest BCUT2D eigenvalue weighted by Gasteiger charge is 2.26. The van der Waals surface area contributed by atoms with E-state index in [2.05, 4.69) is 5.32 Å². The molecule has 3 N–H and O–H groups in total.